The molecule has 0 aliphatic rings. The lowest BCUT2D eigenvalue weighted by atomic mass is 10.3. The number of ether oxygens (including phenoxy) is 3. The zero-order valence-electron chi connectivity index (χ0n) is 23.9. The van der Waals surface area contributed by atoms with Gasteiger partial charge >= 0.3 is 33.1 Å². The summed E-state index contributed by atoms with van der Waals surface area (Å²) in [5.74, 6) is -1.75. The van der Waals surface area contributed by atoms with Gasteiger partial charge in [0.15, 0.2) is 12.2 Å². The Kier molecular flexibility index (Phi) is 25.5. The van der Waals surface area contributed by atoms with Crippen LogP contribution >= 0.6 is 15.2 Å². The molecule has 38 heavy (non-hydrogen) atoms. The number of carbonyl (C=O) groups is 3. The first-order valence-corrected chi connectivity index (χ1v) is 16.6. The molecule has 0 amide bonds. The van der Waals surface area contributed by atoms with Crippen LogP contribution in [0.3, 0.4) is 0 Å². The summed E-state index contributed by atoms with van der Waals surface area (Å²) >= 11 is 0. The molecule has 0 spiro atoms. The van der Waals surface area contributed by atoms with Crippen molar-refractivity contribution in [3.63, 3.8) is 0 Å². The number of aliphatic hydroxyl groups excluding tert-OH is 1. The van der Waals surface area contributed by atoms with Crippen LogP contribution in [0.5, 0.6) is 0 Å². The molecule has 0 heterocycles. The first-order chi connectivity index (χ1) is 17.4. The van der Waals surface area contributed by atoms with Gasteiger partial charge in [-0.25, -0.2) is 14.4 Å². The van der Waals surface area contributed by atoms with E-state index in [0.29, 0.717) is 6.61 Å². The van der Waals surface area contributed by atoms with Crippen LogP contribution in [0, 0.1) is 0 Å². The SMILES string of the molecule is CCCCOC(=O)C(C)O.CCCCOC(=O)C(C)OP(C)(=O)OC(C)C(=O)OCCCC.CP(=O)(O)O. The Morgan fingerprint density at radius 2 is 0.921 bits per heavy atom. The van der Waals surface area contributed by atoms with Crippen LogP contribution in [0.15, 0.2) is 0 Å². The van der Waals surface area contributed by atoms with Gasteiger partial charge in [-0.05, 0) is 40.0 Å². The first kappa shape index (κ1) is 41.2. The normalized spacial score (nSPS) is 14.7. The summed E-state index contributed by atoms with van der Waals surface area (Å²) < 4.78 is 46.4. The average Bonchev–Trinajstić information content (AvgIpc) is 2.77. The molecule has 0 rings (SSSR count). The maximum absolute atomic E-state index is 12.2. The highest BCUT2D eigenvalue weighted by Gasteiger charge is 2.30. The zero-order valence-corrected chi connectivity index (χ0v) is 25.7. The van der Waals surface area contributed by atoms with Gasteiger partial charge in [0, 0.05) is 13.3 Å². The van der Waals surface area contributed by atoms with E-state index in [-0.39, 0.29) is 13.2 Å². The van der Waals surface area contributed by atoms with E-state index >= 15 is 0 Å². The van der Waals surface area contributed by atoms with E-state index in [0.717, 1.165) is 45.2 Å². The van der Waals surface area contributed by atoms with Crippen molar-refractivity contribution in [2.45, 2.75) is 98.4 Å². The summed E-state index contributed by atoms with van der Waals surface area (Å²) in [4.78, 5) is 49.2. The van der Waals surface area contributed by atoms with E-state index in [1.54, 1.807) is 0 Å². The van der Waals surface area contributed by atoms with Gasteiger partial charge in [0.2, 0.25) is 0 Å². The summed E-state index contributed by atoms with van der Waals surface area (Å²) in [5.41, 5.74) is 0. The van der Waals surface area contributed by atoms with Crippen LogP contribution in [-0.2, 0) is 46.8 Å². The highest BCUT2D eigenvalue weighted by atomic mass is 31.2. The van der Waals surface area contributed by atoms with Crippen LogP contribution in [0.1, 0.15) is 80.1 Å². The number of unbranched alkanes of at least 4 members (excludes halogenated alkanes) is 3. The Morgan fingerprint density at radius 1 is 0.658 bits per heavy atom. The number of aliphatic hydroxyl groups is 1. The third-order valence-corrected chi connectivity index (χ3v) is 5.33. The van der Waals surface area contributed by atoms with Gasteiger partial charge < -0.3 is 29.1 Å². The summed E-state index contributed by atoms with van der Waals surface area (Å²) in [7, 11) is -7.23. The summed E-state index contributed by atoms with van der Waals surface area (Å²) in [6.45, 7) is 13.3. The quantitative estimate of drug-likeness (QED) is 0.101. The molecule has 0 aliphatic carbocycles. The Labute approximate surface area is 226 Å². The van der Waals surface area contributed by atoms with Gasteiger partial charge in [-0.15, -0.1) is 0 Å². The number of hydrogen-bond donors (Lipinski definition) is 3. The zero-order chi connectivity index (χ0) is 30.4. The smallest absolute Gasteiger partial charge is 0.335 e. The summed E-state index contributed by atoms with van der Waals surface area (Å²) in [5, 5.41) is 8.65. The van der Waals surface area contributed by atoms with Crippen molar-refractivity contribution in [3.05, 3.63) is 0 Å². The van der Waals surface area contributed by atoms with Crippen LogP contribution in [-0.4, -0.2) is 84.3 Å². The molecule has 3 N–H and O–H groups in total. The van der Waals surface area contributed by atoms with Crippen molar-refractivity contribution >= 4 is 33.1 Å². The second-order valence-electron chi connectivity index (χ2n) is 8.34. The molecule has 0 bridgehead atoms. The van der Waals surface area contributed by atoms with Crippen LogP contribution in [0.4, 0.5) is 0 Å². The topological polar surface area (TPSA) is 192 Å². The molecule has 0 fully saturated rings. The van der Waals surface area contributed by atoms with Gasteiger partial charge in [0.25, 0.3) is 0 Å². The molecule has 3 atom stereocenters. The largest absolute Gasteiger partial charge is 0.464 e. The molecule has 0 radical (unpaired) electrons. The van der Waals surface area contributed by atoms with E-state index in [1.165, 1.54) is 27.4 Å². The lowest BCUT2D eigenvalue weighted by Gasteiger charge is -2.21. The van der Waals surface area contributed by atoms with Crippen molar-refractivity contribution in [2.24, 2.45) is 0 Å². The lowest BCUT2D eigenvalue weighted by Crippen LogP contribution is -2.26. The maximum atomic E-state index is 12.2. The fraction of sp³-hybridized carbons (Fsp3) is 0.870. The minimum absolute atomic E-state index is 0.290. The van der Waals surface area contributed by atoms with Crippen LogP contribution in [0.2, 0.25) is 0 Å². The van der Waals surface area contributed by atoms with Crippen molar-refractivity contribution in [3.8, 4) is 0 Å². The van der Waals surface area contributed by atoms with Gasteiger partial charge in [-0.2, -0.15) is 0 Å². The third-order valence-electron chi connectivity index (χ3n) is 3.93. The average molecular weight is 595 g/mol. The van der Waals surface area contributed by atoms with Crippen molar-refractivity contribution in [1.29, 1.82) is 0 Å². The minimum atomic E-state index is -3.64. The molecule has 3 unspecified atom stereocenters. The molecule has 0 aromatic rings. The van der Waals surface area contributed by atoms with Gasteiger partial charge in [0.1, 0.15) is 6.10 Å². The predicted molar refractivity (Wildman–Crippen MR) is 142 cm³/mol. The standard InChI is InChI=1S/C15H29O7P.C7H14O3.CH5O3P/c1-6-8-10-19-14(16)12(3)21-23(5,18)22-13(4)15(17)20-11-9-7-2;1-3-4-5-10-7(9)6(2)8;1-5(2,3)4/h12-13H,6-11H2,1-5H3;6,8H,3-5H2,1-2H3;1H3,(H2,2,3,4). The number of rotatable bonds is 16. The first-order valence-electron chi connectivity index (χ1n) is 12.6. The van der Waals surface area contributed by atoms with E-state index < -0.39 is 51.4 Å². The fourth-order valence-corrected chi connectivity index (χ4v) is 3.36. The van der Waals surface area contributed by atoms with Crippen LogP contribution in [0.25, 0.3) is 0 Å². The Bertz CT molecular complexity index is 695. The molecule has 0 aliphatic heterocycles. The predicted octanol–water partition coefficient (Wildman–Crippen LogP) is 3.81. The van der Waals surface area contributed by atoms with Crippen molar-refractivity contribution < 1.29 is 61.7 Å². The van der Waals surface area contributed by atoms with Crippen LogP contribution < -0.4 is 0 Å². The van der Waals surface area contributed by atoms with E-state index in [1.807, 2.05) is 20.8 Å². The molecule has 228 valence electrons. The third kappa shape index (κ3) is 30.9. The van der Waals surface area contributed by atoms with Crippen molar-refractivity contribution in [2.75, 3.05) is 33.2 Å². The van der Waals surface area contributed by atoms with Gasteiger partial charge in [-0.3, -0.25) is 18.2 Å². The fourth-order valence-electron chi connectivity index (χ4n) is 1.99. The molecular formula is C23H48O13P2. The Morgan fingerprint density at radius 3 is 1.16 bits per heavy atom. The summed E-state index contributed by atoms with van der Waals surface area (Å²) in [6.07, 6.45) is 2.09. The van der Waals surface area contributed by atoms with Gasteiger partial charge in [-0.1, -0.05) is 40.0 Å². The highest BCUT2D eigenvalue weighted by molar-refractivity contribution is 7.53. The minimum Gasteiger partial charge on any atom is -0.464 e. The molecule has 0 aromatic carbocycles. The molecular weight excluding hydrogens is 546 g/mol. The summed E-state index contributed by atoms with van der Waals surface area (Å²) in [6, 6.07) is 0. The molecule has 0 saturated carbocycles. The Balaban J connectivity index is -0.000000668. The molecule has 0 saturated heterocycles. The number of hydrogen-bond acceptors (Lipinski definition) is 11. The molecule has 0 aromatic heterocycles. The second-order valence-corrected chi connectivity index (χ2v) is 12.0. The number of carbonyl (C=O) groups excluding carboxylic acids is 3. The molecule has 13 nitrogen and oxygen atoms in total. The van der Waals surface area contributed by atoms with E-state index in [9.17, 15) is 23.5 Å². The lowest BCUT2D eigenvalue weighted by molar-refractivity contribution is -0.154. The number of esters is 3. The van der Waals surface area contributed by atoms with Crippen molar-refractivity contribution in [1.82, 2.24) is 0 Å². The maximum Gasteiger partial charge on any atom is 0.335 e. The monoisotopic (exact) mass is 594 g/mol. The second kappa shape index (κ2) is 23.5. The van der Waals surface area contributed by atoms with E-state index in [2.05, 4.69) is 4.74 Å². The Hall–Kier alpha value is -1.33. The van der Waals surface area contributed by atoms with Gasteiger partial charge in [0.05, 0.1) is 19.8 Å². The highest BCUT2D eigenvalue weighted by Crippen LogP contribution is 2.46. The van der Waals surface area contributed by atoms with E-state index in [4.69, 9.17) is 33.4 Å². The molecule has 15 heteroatoms.